The molecule has 1 aromatic rings. The van der Waals surface area contributed by atoms with Crippen LogP contribution >= 0.6 is 0 Å². The van der Waals surface area contributed by atoms with E-state index in [1.165, 1.54) is 24.7 Å². The first-order valence-corrected chi connectivity index (χ1v) is 21.2. The zero-order chi connectivity index (χ0) is 31.7. The summed E-state index contributed by atoms with van der Waals surface area (Å²) in [6, 6.07) is 0. The van der Waals surface area contributed by atoms with Gasteiger partial charge in [0.2, 0.25) is 0 Å². The van der Waals surface area contributed by atoms with E-state index in [2.05, 4.69) is 60.0 Å². The lowest BCUT2D eigenvalue weighted by atomic mass is 9.88. The number of aromatic nitrogens is 2. The van der Waals surface area contributed by atoms with Crippen LogP contribution in [-0.2, 0) is 34.9 Å². The maximum absolute atomic E-state index is 13.5. The van der Waals surface area contributed by atoms with Crippen molar-refractivity contribution in [2.45, 2.75) is 116 Å². The SMILES string of the molecule is CNC1=C(C)S(=O)(=O)OC12C(CO[Si](C)(C)C(C)(C)C)OC(n1cc(C)c(=O)n(C)c1=O)C2O[Si](C)(C)C(C)(C)C. The average molecular weight is 632 g/mol. The van der Waals surface area contributed by atoms with E-state index in [0.29, 0.717) is 11.3 Å². The fourth-order valence-corrected chi connectivity index (χ4v) is 8.30. The van der Waals surface area contributed by atoms with E-state index < -0.39 is 62.0 Å². The number of nitrogens with zero attached hydrogens (tertiary/aromatic N) is 2. The molecule has 1 aromatic heterocycles. The Labute approximate surface area is 246 Å². The van der Waals surface area contributed by atoms with Gasteiger partial charge >= 0.3 is 5.69 Å². The molecule has 3 heterocycles. The van der Waals surface area contributed by atoms with Crippen molar-refractivity contribution >= 4 is 26.8 Å². The number of ether oxygens (including phenoxy) is 1. The normalized spacial score (nSPS) is 27.2. The zero-order valence-electron chi connectivity index (χ0n) is 27.1. The predicted molar refractivity (Wildman–Crippen MR) is 164 cm³/mol. The minimum absolute atomic E-state index is 0.0117. The number of hydrogen-bond acceptors (Lipinski definition) is 9. The molecular formula is C27H49N3O8SSi2. The largest absolute Gasteiger partial charge is 0.414 e. The lowest BCUT2D eigenvalue weighted by Gasteiger charge is -2.44. The summed E-state index contributed by atoms with van der Waals surface area (Å²) >= 11 is 0. The summed E-state index contributed by atoms with van der Waals surface area (Å²) in [5.74, 6) is 0. The Morgan fingerprint density at radius 3 is 2.05 bits per heavy atom. The fourth-order valence-electron chi connectivity index (χ4n) is 4.74. The minimum Gasteiger partial charge on any atom is -0.414 e. The van der Waals surface area contributed by atoms with Crippen molar-refractivity contribution < 1.29 is 26.2 Å². The van der Waals surface area contributed by atoms with Gasteiger partial charge in [0.25, 0.3) is 15.7 Å². The third kappa shape index (κ3) is 5.61. The summed E-state index contributed by atoms with van der Waals surface area (Å²) in [4.78, 5) is 26.1. The third-order valence-corrected chi connectivity index (χ3v) is 19.9. The summed E-state index contributed by atoms with van der Waals surface area (Å²) in [5, 5.41) is 2.68. The van der Waals surface area contributed by atoms with Crippen LogP contribution in [0.2, 0.25) is 36.3 Å². The first-order chi connectivity index (χ1) is 18.4. The van der Waals surface area contributed by atoms with Crippen molar-refractivity contribution in [3.8, 4) is 0 Å². The molecule has 41 heavy (non-hydrogen) atoms. The fraction of sp³-hybridized carbons (Fsp3) is 0.778. The highest BCUT2D eigenvalue weighted by Crippen LogP contribution is 2.54. The van der Waals surface area contributed by atoms with Crippen LogP contribution in [0.15, 0.2) is 26.4 Å². The predicted octanol–water partition coefficient (Wildman–Crippen LogP) is 3.71. The van der Waals surface area contributed by atoms with Crippen molar-refractivity contribution in [3.05, 3.63) is 43.2 Å². The lowest BCUT2D eigenvalue weighted by Crippen LogP contribution is -2.59. The summed E-state index contributed by atoms with van der Waals surface area (Å²) in [7, 11) is -6.11. The number of aryl methyl sites for hydroxylation is 1. The Hall–Kier alpha value is -1.56. The van der Waals surface area contributed by atoms with Gasteiger partial charge in [-0.3, -0.25) is 13.9 Å². The van der Waals surface area contributed by atoms with Gasteiger partial charge in [-0.2, -0.15) is 8.42 Å². The second-order valence-electron chi connectivity index (χ2n) is 14.3. The van der Waals surface area contributed by atoms with Gasteiger partial charge in [0.1, 0.15) is 12.2 Å². The van der Waals surface area contributed by atoms with Gasteiger partial charge in [0, 0.05) is 25.9 Å². The van der Waals surface area contributed by atoms with Crippen molar-refractivity contribution in [1.29, 1.82) is 0 Å². The maximum atomic E-state index is 13.5. The average Bonchev–Trinajstić information content (AvgIpc) is 3.21. The molecule has 3 rings (SSSR count). The highest BCUT2D eigenvalue weighted by Gasteiger charge is 2.69. The molecule has 0 amide bonds. The summed E-state index contributed by atoms with van der Waals surface area (Å²) in [6.45, 7) is 24.0. The first kappa shape index (κ1) is 33.9. The molecule has 2 aliphatic rings. The molecule has 0 aromatic carbocycles. The smallest absolute Gasteiger partial charge is 0.332 e. The molecule has 1 fully saturated rings. The monoisotopic (exact) mass is 631 g/mol. The van der Waals surface area contributed by atoms with Crippen molar-refractivity contribution in [3.63, 3.8) is 0 Å². The van der Waals surface area contributed by atoms with Crippen LogP contribution < -0.4 is 16.6 Å². The van der Waals surface area contributed by atoms with Crippen molar-refractivity contribution in [2.75, 3.05) is 13.7 Å². The standard InChI is InChI=1S/C27H49N3O8SSi2/c1-17-15-30(24(32)29(10)22(17)31)23-21(37-41(13,14)26(6,7)8)27(20(28-9)18(2)39(33,34)38-27)19(36-23)16-35-40(11,12)25(3,4)5/h15,19,21,23,28H,16H2,1-14H3. The van der Waals surface area contributed by atoms with E-state index in [9.17, 15) is 18.0 Å². The van der Waals surface area contributed by atoms with E-state index in [1.807, 2.05) is 13.1 Å². The molecule has 1 N–H and O–H groups in total. The van der Waals surface area contributed by atoms with Crippen LogP contribution in [0.3, 0.4) is 0 Å². The Morgan fingerprint density at radius 1 is 1.02 bits per heavy atom. The van der Waals surface area contributed by atoms with Crippen LogP contribution in [0.5, 0.6) is 0 Å². The second kappa shape index (κ2) is 10.6. The minimum atomic E-state index is -4.17. The number of likely N-dealkylation sites (N-methyl/N-ethyl adjacent to an activating group) is 1. The molecule has 0 radical (unpaired) electrons. The molecule has 0 aliphatic carbocycles. The molecule has 1 spiro atoms. The number of nitrogens with one attached hydrogen (secondary N) is 1. The van der Waals surface area contributed by atoms with Crippen molar-refractivity contribution in [1.82, 2.24) is 14.5 Å². The van der Waals surface area contributed by atoms with E-state index in [0.717, 1.165) is 4.57 Å². The summed E-state index contributed by atoms with van der Waals surface area (Å²) in [6.07, 6.45) is -1.70. The van der Waals surface area contributed by atoms with Gasteiger partial charge < -0.3 is 18.9 Å². The van der Waals surface area contributed by atoms with Gasteiger partial charge in [0.15, 0.2) is 28.5 Å². The van der Waals surface area contributed by atoms with Crippen LogP contribution in [0.4, 0.5) is 0 Å². The molecule has 234 valence electrons. The van der Waals surface area contributed by atoms with Gasteiger partial charge in [-0.25, -0.2) is 8.98 Å². The third-order valence-electron chi connectivity index (χ3n) is 9.47. The van der Waals surface area contributed by atoms with E-state index in [-0.39, 0.29) is 21.6 Å². The van der Waals surface area contributed by atoms with Crippen LogP contribution in [0, 0.1) is 6.92 Å². The van der Waals surface area contributed by atoms with Crippen LogP contribution in [-0.4, -0.2) is 65.7 Å². The molecule has 0 saturated carbocycles. The van der Waals surface area contributed by atoms with Gasteiger partial charge in [-0.05, 0) is 50.1 Å². The summed E-state index contributed by atoms with van der Waals surface area (Å²) in [5.41, 5.74) is -2.06. The molecule has 4 atom stereocenters. The molecule has 1 saturated heterocycles. The molecule has 2 aliphatic heterocycles. The summed E-state index contributed by atoms with van der Waals surface area (Å²) < 4.78 is 55.5. The number of hydrogen-bond donors (Lipinski definition) is 1. The molecule has 11 nitrogen and oxygen atoms in total. The van der Waals surface area contributed by atoms with Gasteiger partial charge in [0.05, 0.1) is 17.2 Å². The Bertz CT molecular complexity index is 1450. The molecular weight excluding hydrogens is 583 g/mol. The van der Waals surface area contributed by atoms with Gasteiger partial charge in [-0.15, -0.1) is 0 Å². The number of allylic oxidation sites excluding steroid dienone is 1. The highest BCUT2D eigenvalue weighted by atomic mass is 32.2. The lowest BCUT2D eigenvalue weighted by molar-refractivity contribution is -0.0572. The zero-order valence-corrected chi connectivity index (χ0v) is 29.9. The quantitative estimate of drug-likeness (QED) is 0.354. The van der Waals surface area contributed by atoms with Crippen LogP contribution in [0.1, 0.15) is 60.3 Å². The van der Waals surface area contributed by atoms with E-state index in [1.54, 1.807) is 14.0 Å². The number of rotatable bonds is 7. The van der Waals surface area contributed by atoms with E-state index >= 15 is 0 Å². The Balaban J connectivity index is 2.36. The van der Waals surface area contributed by atoms with Crippen molar-refractivity contribution in [2.24, 2.45) is 7.05 Å². The Kier molecular flexibility index (Phi) is 8.74. The first-order valence-electron chi connectivity index (χ1n) is 14.0. The second-order valence-corrected chi connectivity index (χ2v) is 25.5. The Morgan fingerprint density at radius 2 is 1.56 bits per heavy atom. The van der Waals surface area contributed by atoms with Crippen LogP contribution in [0.25, 0.3) is 0 Å². The molecule has 0 bridgehead atoms. The topological polar surface area (TPSA) is 127 Å². The van der Waals surface area contributed by atoms with E-state index in [4.69, 9.17) is 17.8 Å². The molecule has 4 unspecified atom stereocenters. The molecule has 14 heteroatoms. The van der Waals surface area contributed by atoms with Gasteiger partial charge in [-0.1, -0.05) is 41.5 Å². The maximum Gasteiger partial charge on any atom is 0.332 e. The highest BCUT2D eigenvalue weighted by molar-refractivity contribution is 7.91.